The summed E-state index contributed by atoms with van der Waals surface area (Å²) in [7, 11) is 0. The number of hydrogen-bond donors (Lipinski definition) is 0. The molecular formula is C9H13NO4. The molecule has 5 heteroatoms. The number of Topliss-reactive ketones (excluding diaryl/α,β-unsaturated/α-hetero) is 1. The first kappa shape index (κ1) is 10.7. The number of amides is 1. The van der Waals surface area contributed by atoms with Crippen LogP contribution < -0.4 is 0 Å². The lowest BCUT2D eigenvalue weighted by atomic mass is 10.1. The molecule has 1 saturated heterocycles. The van der Waals surface area contributed by atoms with Crippen molar-refractivity contribution in [2.24, 2.45) is 0 Å². The lowest BCUT2D eigenvalue weighted by Gasteiger charge is -2.25. The minimum absolute atomic E-state index is 0.182. The Morgan fingerprint density at radius 3 is 2.43 bits per heavy atom. The molecular weight excluding hydrogens is 186 g/mol. The predicted molar refractivity (Wildman–Crippen MR) is 47.5 cm³/mol. The van der Waals surface area contributed by atoms with Crippen LogP contribution in [-0.4, -0.2) is 42.3 Å². The number of carbonyl (C=O) groups excluding carboxylic acids is 3. The van der Waals surface area contributed by atoms with Gasteiger partial charge >= 0.3 is 5.97 Å². The molecule has 0 aromatic carbocycles. The van der Waals surface area contributed by atoms with Gasteiger partial charge in [-0.1, -0.05) is 0 Å². The van der Waals surface area contributed by atoms with Gasteiger partial charge < -0.3 is 9.64 Å². The highest BCUT2D eigenvalue weighted by atomic mass is 16.5. The molecule has 78 valence electrons. The Labute approximate surface area is 82.0 Å². The van der Waals surface area contributed by atoms with Crippen molar-refractivity contribution in [2.75, 3.05) is 19.7 Å². The van der Waals surface area contributed by atoms with Crippen LogP contribution >= 0.6 is 0 Å². The van der Waals surface area contributed by atoms with Crippen molar-refractivity contribution in [3.8, 4) is 0 Å². The molecule has 1 fully saturated rings. The standard InChI is InChI=1S/C9H13NO4/c1-7(11)14-6-9(13)10-4-2-8(12)3-5-10/h2-6H2,1H3. The van der Waals surface area contributed by atoms with E-state index in [0.717, 1.165) is 0 Å². The number of piperidine rings is 1. The van der Waals surface area contributed by atoms with E-state index in [1.54, 1.807) is 4.90 Å². The molecule has 0 bridgehead atoms. The zero-order valence-corrected chi connectivity index (χ0v) is 8.12. The average Bonchev–Trinajstić information content (AvgIpc) is 2.15. The lowest BCUT2D eigenvalue weighted by molar-refractivity contribution is -0.151. The minimum Gasteiger partial charge on any atom is -0.456 e. The predicted octanol–water partition coefficient (Wildman–Crippen LogP) is -0.259. The van der Waals surface area contributed by atoms with Crippen LogP contribution in [0.2, 0.25) is 0 Å². The van der Waals surface area contributed by atoms with E-state index >= 15 is 0 Å². The van der Waals surface area contributed by atoms with Crippen LogP contribution in [0, 0.1) is 0 Å². The van der Waals surface area contributed by atoms with Gasteiger partial charge in [0.05, 0.1) is 0 Å². The van der Waals surface area contributed by atoms with Crippen LogP contribution in [0.5, 0.6) is 0 Å². The third-order valence-electron chi connectivity index (χ3n) is 2.07. The lowest BCUT2D eigenvalue weighted by Crippen LogP contribution is -2.40. The number of ketones is 1. The normalized spacial score (nSPS) is 16.6. The van der Waals surface area contributed by atoms with E-state index in [-0.39, 0.29) is 18.3 Å². The summed E-state index contributed by atoms with van der Waals surface area (Å²) in [5.41, 5.74) is 0. The summed E-state index contributed by atoms with van der Waals surface area (Å²) in [5.74, 6) is -0.513. The highest BCUT2D eigenvalue weighted by Crippen LogP contribution is 2.05. The zero-order chi connectivity index (χ0) is 10.6. The third-order valence-corrected chi connectivity index (χ3v) is 2.07. The van der Waals surface area contributed by atoms with Gasteiger partial charge in [0.1, 0.15) is 5.78 Å². The van der Waals surface area contributed by atoms with Gasteiger partial charge in [0.25, 0.3) is 5.91 Å². The van der Waals surface area contributed by atoms with Crippen LogP contribution in [0.3, 0.4) is 0 Å². The van der Waals surface area contributed by atoms with Gasteiger partial charge in [-0.05, 0) is 0 Å². The molecule has 1 aliphatic heterocycles. The van der Waals surface area contributed by atoms with Crippen molar-refractivity contribution >= 4 is 17.7 Å². The maximum Gasteiger partial charge on any atom is 0.303 e. The first-order chi connectivity index (χ1) is 6.59. The van der Waals surface area contributed by atoms with Crippen molar-refractivity contribution < 1.29 is 19.1 Å². The highest BCUT2D eigenvalue weighted by Gasteiger charge is 2.20. The van der Waals surface area contributed by atoms with Crippen LogP contribution in [0.4, 0.5) is 0 Å². The van der Waals surface area contributed by atoms with E-state index in [9.17, 15) is 14.4 Å². The average molecular weight is 199 g/mol. The summed E-state index contributed by atoms with van der Waals surface area (Å²) in [4.78, 5) is 34.2. The molecule has 0 aromatic heterocycles. The highest BCUT2D eigenvalue weighted by molar-refractivity contribution is 5.84. The molecule has 0 aromatic rings. The number of ether oxygens (including phenoxy) is 1. The Morgan fingerprint density at radius 2 is 1.93 bits per heavy atom. The summed E-state index contributed by atoms with van der Waals surface area (Å²) < 4.78 is 4.57. The van der Waals surface area contributed by atoms with E-state index in [1.807, 2.05) is 0 Å². The maximum atomic E-state index is 11.3. The molecule has 0 spiro atoms. The smallest absolute Gasteiger partial charge is 0.303 e. The largest absolute Gasteiger partial charge is 0.456 e. The second-order valence-corrected chi connectivity index (χ2v) is 3.20. The van der Waals surface area contributed by atoms with E-state index < -0.39 is 5.97 Å². The topological polar surface area (TPSA) is 63.7 Å². The van der Waals surface area contributed by atoms with Gasteiger partial charge in [-0.25, -0.2) is 0 Å². The molecule has 1 rings (SSSR count). The fourth-order valence-corrected chi connectivity index (χ4v) is 1.26. The first-order valence-electron chi connectivity index (χ1n) is 4.52. The van der Waals surface area contributed by atoms with E-state index in [2.05, 4.69) is 4.74 Å². The Hall–Kier alpha value is -1.39. The van der Waals surface area contributed by atoms with Gasteiger partial charge in [-0.2, -0.15) is 0 Å². The van der Waals surface area contributed by atoms with E-state index in [0.29, 0.717) is 25.9 Å². The number of rotatable bonds is 2. The first-order valence-corrected chi connectivity index (χ1v) is 4.52. The molecule has 0 atom stereocenters. The fraction of sp³-hybridized carbons (Fsp3) is 0.667. The van der Waals surface area contributed by atoms with Crippen molar-refractivity contribution in [3.05, 3.63) is 0 Å². The van der Waals surface area contributed by atoms with Crippen molar-refractivity contribution in [2.45, 2.75) is 19.8 Å². The van der Waals surface area contributed by atoms with Gasteiger partial charge in [0, 0.05) is 32.9 Å². The number of likely N-dealkylation sites (tertiary alicyclic amines) is 1. The maximum absolute atomic E-state index is 11.3. The quantitative estimate of drug-likeness (QED) is 0.575. The minimum atomic E-state index is -0.466. The van der Waals surface area contributed by atoms with Crippen LogP contribution in [-0.2, 0) is 19.1 Å². The summed E-state index contributed by atoms with van der Waals surface area (Å²) in [5, 5.41) is 0. The Bertz CT molecular complexity index is 252. The monoisotopic (exact) mass is 199 g/mol. The van der Waals surface area contributed by atoms with Crippen molar-refractivity contribution in [1.29, 1.82) is 0 Å². The molecule has 1 aliphatic rings. The van der Waals surface area contributed by atoms with Crippen LogP contribution in [0.15, 0.2) is 0 Å². The molecule has 0 N–H and O–H groups in total. The molecule has 14 heavy (non-hydrogen) atoms. The van der Waals surface area contributed by atoms with Crippen LogP contribution in [0.25, 0.3) is 0 Å². The molecule has 0 unspecified atom stereocenters. The van der Waals surface area contributed by atoms with Gasteiger partial charge in [0.2, 0.25) is 0 Å². The molecule has 0 radical (unpaired) electrons. The Balaban J connectivity index is 2.30. The van der Waals surface area contributed by atoms with Gasteiger partial charge in [0.15, 0.2) is 6.61 Å². The summed E-state index contributed by atoms with van der Waals surface area (Å²) in [6, 6.07) is 0. The summed E-state index contributed by atoms with van der Waals surface area (Å²) in [6.07, 6.45) is 0.817. The fourth-order valence-electron chi connectivity index (χ4n) is 1.26. The molecule has 1 amide bonds. The third kappa shape index (κ3) is 3.16. The summed E-state index contributed by atoms with van der Waals surface area (Å²) >= 11 is 0. The number of esters is 1. The second kappa shape index (κ2) is 4.74. The second-order valence-electron chi connectivity index (χ2n) is 3.20. The summed E-state index contributed by atoms with van der Waals surface area (Å²) in [6.45, 7) is 1.92. The molecule has 0 aliphatic carbocycles. The molecule has 5 nitrogen and oxygen atoms in total. The zero-order valence-electron chi connectivity index (χ0n) is 8.12. The Morgan fingerprint density at radius 1 is 1.36 bits per heavy atom. The Kier molecular flexibility index (Phi) is 3.62. The number of carbonyl (C=O) groups is 3. The van der Waals surface area contributed by atoms with Gasteiger partial charge in [-0.3, -0.25) is 14.4 Å². The van der Waals surface area contributed by atoms with Gasteiger partial charge in [-0.15, -0.1) is 0 Å². The van der Waals surface area contributed by atoms with Crippen molar-refractivity contribution in [1.82, 2.24) is 4.90 Å². The number of hydrogen-bond acceptors (Lipinski definition) is 4. The number of nitrogens with zero attached hydrogens (tertiary/aromatic N) is 1. The van der Waals surface area contributed by atoms with E-state index in [1.165, 1.54) is 6.92 Å². The van der Waals surface area contributed by atoms with Crippen LogP contribution in [0.1, 0.15) is 19.8 Å². The van der Waals surface area contributed by atoms with E-state index in [4.69, 9.17) is 0 Å². The van der Waals surface area contributed by atoms with Crippen molar-refractivity contribution in [3.63, 3.8) is 0 Å². The SMILES string of the molecule is CC(=O)OCC(=O)N1CCC(=O)CC1. The molecule has 1 heterocycles. The molecule has 0 saturated carbocycles.